The molecule has 2 unspecified atom stereocenters. The van der Waals surface area contributed by atoms with Gasteiger partial charge in [0.05, 0.1) is 24.7 Å². The minimum atomic E-state index is -0.350. The van der Waals surface area contributed by atoms with E-state index in [0.717, 1.165) is 12.0 Å². The summed E-state index contributed by atoms with van der Waals surface area (Å²) in [5.41, 5.74) is 1.39. The van der Waals surface area contributed by atoms with E-state index in [0.29, 0.717) is 17.1 Å². The third-order valence-corrected chi connectivity index (χ3v) is 4.13. The zero-order valence-corrected chi connectivity index (χ0v) is 14.2. The lowest BCUT2D eigenvalue weighted by atomic mass is 9.85. The maximum absolute atomic E-state index is 12.8. The lowest BCUT2D eigenvalue weighted by Gasteiger charge is -2.22. The maximum atomic E-state index is 12.8. The molecule has 0 saturated carbocycles. The Kier molecular flexibility index (Phi) is 5.97. The first-order valence-corrected chi connectivity index (χ1v) is 7.95. The van der Waals surface area contributed by atoms with Crippen LogP contribution in [0.5, 0.6) is 11.5 Å². The zero-order valence-electron chi connectivity index (χ0n) is 14.2. The highest BCUT2D eigenvalue weighted by atomic mass is 16.6. The molecule has 4 heteroatoms. The Morgan fingerprint density at radius 3 is 2.46 bits per heavy atom. The fraction of sp³-hybridized carbons (Fsp3) is 0.300. The molecule has 2 aromatic carbocycles. The Morgan fingerprint density at radius 2 is 1.88 bits per heavy atom. The molecule has 24 heavy (non-hydrogen) atoms. The van der Waals surface area contributed by atoms with Gasteiger partial charge in [-0.05, 0) is 23.6 Å². The topological polar surface area (TPSA) is 59.3 Å². The molecule has 4 nitrogen and oxygen atoms in total. The van der Waals surface area contributed by atoms with Gasteiger partial charge in [0.15, 0.2) is 11.5 Å². The van der Waals surface area contributed by atoms with E-state index in [1.807, 2.05) is 43.3 Å². The van der Waals surface area contributed by atoms with Crippen LogP contribution >= 0.6 is 0 Å². The molecule has 124 valence electrons. The molecule has 0 bridgehead atoms. The second-order valence-electron chi connectivity index (χ2n) is 5.67. The summed E-state index contributed by atoms with van der Waals surface area (Å²) >= 11 is 0. The molecule has 0 fully saturated rings. The average molecular weight is 323 g/mol. The Labute approximate surface area is 142 Å². The molecule has 0 amide bonds. The van der Waals surface area contributed by atoms with Crippen LogP contribution in [0.25, 0.3) is 0 Å². The monoisotopic (exact) mass is 323 g/mol. The number of methoxy groups -OCH3 is 1. The first-order valence-electron chi connectivity index (χ1n) is 7.95. The van der Waals surface area contributed by atoms with Crippen molar-refractivity contribution >= 4 is 5.97 Å². The smallest absolute Gasteiger partial charge is 0.319 e. The van der Waals surface area contributed by atoms with E-state index in [4.69, 9.17) is 14.7 Å². The van der Waals surface area contributed by atoms with Crippen LogP contribution in [0.4, 0.5) is 0 Å². The van der Waals surface area contributed by atoms with Gasteiger partial charge in [0.2, 0.25) is 0 Å². The number of carbonyl (C=O) groups is 1. The lowest BCUT2D eigenvalue weighted by molar-refractivity contribution is -0.137. The number of rotatable bonds is 6. The minimum Gasteiger partial charge on any atom is -0.493 e. The highest BCUT2D eigenvalue weighted by Crippen LogP contribution is 2.33. The molecular formula is C20H21NO3. The first-order chi connectivity index (χ1) is 11.6. The lowest BCUT2D eigenvalue weighted by Crippen LogP contribution is -2.24. The minimum absolute atomic E-state index is 0.143. The van der Waals surface area contributed by atoms with E-state index in [1.165, 1.54) is 7.11 Å². The normalized spacial score (nSPS) is 12.8. The molecule has 0 aromatic heterocycles. The van der Waals surface area contributed by atoms with Crippen LogP contribution in [-0.2, 0) is 4.79 Å². The van der Waals surface area contributed by atoms with E-state index in [1.54, 1.807) is 18.2 Å². The van der Waals surface area contributed by atoms with Gasteiger partial charge in [-0.15, -0.1) is 0 Å². The summed E-state index contributed by atoms with van der Waals surface area (Å²) in [6.07, 6.45) is 0.860. The highest BCUT2D eigenvalue weighted by Gasteiger charge is 2.28. The summed E-state index contributed by atoms with van der Waals surface area (Å²) in [6.45, 7) is 4.09. The molecule has 2 aromatic rings. The Morgan fingerprint density at radius 1 is 1.17 bits per heavy atom. The number of hydrogen-bond donors (Lipinski definition) is 0. The van der Waals surface area contributed by atoms with Gasteiger partial charge in [-0.1, -0.05) is 50.6 Å². The van der Waals surface area contributed by atoms with Gasteiger partial charge in [0.25, 0.3) is 0 Å². The summed E-state index contributed by atoms with van der Waals surface area (Å²) in [5.74, 6) is 0.170. The molecule has 0 radical (unpaired) electrons. The second kappa shape index (κ2) is 8.16. The van der Waals surface area contributed by atoms with Crippen molar-refractivity contribution in [2.45, 2.75) is 26.2 Å². The summed E-state index contributed by atoms with van der Waals surface area (Å²) in [4.78, 5) is 12.8. The number of benzene rings is 2. The van der Waals surface area contributed by atoms with E-state index < -0.39 is 0 Å². The standard InChI is InChI=1S/C20H21NO3/c1-4-14(2)19(16-8-6-5-7-9-16)20(22)24-17-11-10-15(13-21)12-18(17)23-3/h5-12,14,19H,4H2,1-3H3. The van der Waals surface area contributed by atoms with Crippen LogP contribution in [0.1, 0.15) is 37.3 Å². The number of hydrogen-bond acceptors (Lipinski definition) is 4. The van der Waals surface area contributed by atoms with Crippen LogP contribution in [0.15, 0.2) is 48.5 Å². The van der Waals surface area contributed by atoms with Crippen molar-refractivity contribution < 1.29 is 14.3 Å². The van der Waals surface area contributed by atoms with E-state index >= 15 is 0 Å². The van der Waals surface area contributed by atoms with Crippen molar-refractivity contribution in [3.05, 3.63) is 59.7 Å². The van der Waals surface area contributed by atoms with Crippen molar-refractivity contribution in [1.82, 2.24) is 0 Å². The predicted octanol–water partition coefficient (Wildman–Crippen LogP) is 4.30. The van der Waals surface area contributed by atoms with Crippen LogP contribution in [0.3, 0.4) is 0 Å². The third-order valence-electron chi connectivity index (χ3n) is 4.13. The van der Waals surface area contributed by atoms with Gasteiger partial charge in [-0.3, -0.25) is 4.79 Å². The van der Waals surface area contributed by atoms with Crippen molar-refractivity contribution in [1.29, 1.82) is 5.26 Å². The van der Waals surface area contributed by atoms with Crippen molar-refractivity contribution in [2.75, 3.05) is 7.11 Å². The second-order valence-corrected chi connectivity index (χ2v) is 5.67. The summed E-state index contributed by atoms with van der Waals surface area (Å²) in [5, 5.41) is 8.96. The van der Waals surface area contributed by atoms with Crippen LogP contribution in [0.2, 0.25) is 0 Å². The summed E-state index contributed by atoms with van der Waals surface area (Å²) in [7, 11) is 1.48. The molecule has 2 rings (SSSR count). The first kappa shape index (κ1) is 17.6. The highest BCUT2D eigenvalue weighted by molar-refractivity contribution is 5.81. The average Bonchev–Trinajstić information content (AvgIpc) is 2.62. The van der Waals surface area contributed by atoms with Crippen molar-refractivity contribution in [3.63, 3.8) is 0 Å². The van der Waals surface area contributed by atoms with Crippen molar-refractivity contribution in [3.8, 4) is 17.6 Å². The molecular weight excluding hydrogens is 302 g/mol. The quantitative estimate of drug-likeness (QED) is 0.587. The zero-order chi connectivity index (χ0) is 17.5. The fourth-order valence-electron chi connectivity index (χ4n) is 2.59. The van der Waals surface area contributed by atoms with E-state index in [-0.39, 0.29) is 17.8 Å². The molecule has 0 aliphatic carbocycles. The Balaban J connectivity index is 2.30. The van der Waals surface area contributed by atoms with Gasteiger partial charge in [-0.25, -0.2) is 0 Å². The summed E-state index contributed by atoms with van der Waals surface area (Å²) in [6, 6.07) is 16.4. The van der Waals surface area contributed by atoms with Gasteiger partial charge in [0.1, 0.15) is 0 Å². The molecule has 0 aliphatic heterocycles. The number of ether oxygens (including phenoxy) is 2. The van der Waals surface area contributed by atoms with E-state index in [9.17, 15) is 4.79 Å². The molecule has 0 saturated heterocycles. The van der Waals surface area contributed by atoms with Crippen molar-refractivity contribution in [2.24, 2.45) is 5.92 Å². The third kappa shape index (κ3) is 3.94. The van der Waals surface area contributed by atoms with Gasteiger partial charge < -0.3 is 9.47 Å². The van der Waals surface area contributed by atoms with Crippen LogP contribution in [-0.4, -0.2) is 13.1 Å². The SMILES string of the molecule is CCC(C)C(C(=O)Oc1ccc(C#N)cc1OC)c1ccccc1. The fourth-order valence-corrected chi connectivity index (χ4v) is 2.59. The molecule has 0 aliphatic rings. The van der Waals surface area contributed by atoms with E-state index in [2.05, 4.69) is 6.92 Å². The van der Waals surface area contributed by atoms with Gasteiger partial charge in [0, 0.05) is 6.07 Å². The molecule has 0 N–H and O–H groups in total. The van der Waals surface area contributed by atoms with Gasteiger partial charge >= 0.3 is 5.97 Å². The number of nitrogens with zero attached hydrogens (tertiary/aromatic N) is 1. The number of carbonyl (C=O) groups excluding carboxylic acids is 1. The molecule has 0 heterocycles. The molecule has 0 spiro atoms. The Hall–Kier alpha value is -2.80. The molecule has 2 atom stereocenters. The predicted molar refractivity (Wildman–Crippen MR) is 92.0 cm³/mol. The largest absolute Gasteiger partial charge is 0.493 e. The maximum Gasteiger partial charge on any atom is 0.319 e. The van der Waals surface area contributed by atoms with Crippen LogP contribution in [0, 0.1) is 17.2 Å². The number of nitriles is 1. The number of esters is 1. The van der Waals surface area contributed by atoms with Gasteiger partial charge in [-0.2, -0.15) is 5.26 Å². The van der Waals surface area contributed by atoms with Crippen LogP contribution < -0.4 is 9.47 Å². The summed E-state index contributed by atoms with van der Waals surface area (Å²) < 4.78 is 10.8. The Bertz CT molecular complexity index is 734.